The maximum absolute atomic E-state index is 11.3. The van der Waals surface area contributed by atoms with Crippen LogP contribution in [-0.2, 0) is 0 Å². The van der Waals surface area contributed by atoms with Crippen LogP contribution in [0.15, 0.2) is 46.5 Å². The summed E-state index contributed by atoms with van der Waals surface area (Å²) >= 11 is 7.21. The van der Waals surface area contributed by atoms with Crippen LogP contribution in [0.1, 0.15) is 15.9 Å². The van der Waals surface area contributed by atoms with Crippen molar-refractivity contribution in [3.63, 3.8) is 0 Å². The van der Waals surface area contributed by atoms with E-state index >= 15 is 0 Å². The van der Waals surface area contributed by atoms with Crippen LogP contribution >= 0.6 is 23.4 Å². The van der Waals surface area contributed by atoms with Gasteiger partial charge in [0.2, 0.25) is 0 Å². The smallest absolute Gasteiger partial charge is 0.336 e. The number of aromatic nitrogens is 2. The van der Waals surface area contributed by atoms with Crippen molar-refractivity contribution in [2.75, 3.05) is 0 Å². The molecule has 2 aromatic carbocycles. The number of imidazole rings is 1. The molecular formula is C15H11ClN2O2S. The lowest BCUT2D eigenvalue weighted by Crippen LogP contribution is -1.98. The first kappa shape index (κ1) is 14.0. The second-order valence-corrected chi connectivity index (χ2v) is 6.08. The SMILES string of the molecule is Cc1ccc2nc(Sc3cc(Cl)ccc3C(=O)O)[nH]c2c1. The summed E-state index contributed by atoms with van der Waals surface area (Å²) in [6.07, 6.45) is 0. The first-order valence-corrected chi connectivity index (χ1v) is 7.39. The zero-order chi connectivity index (χ0) is 15.0. The van der Waals surface area contributed by atoms with Gasteiger partial charge in [-0.1, -0.05) is 29.4 Å². The van der Waals surface area contributed by atoms with Gasteiger partial charge in [-0.15, -0.1) is 0 Å². The fourth-order valence-corrected chi connectivity index (χ4v) is 3.21. The van der Waals surface area contributed by atoms with Gasteiger partial charge in [-0.25, -0.2) is 9.78 Å². The number of hydrogen-bond acceptors (Lipinski definition) is 3. The molecule has 0 atom stereocenters. The number of aromatic carboxylic acids is 1. The molecule has 1 aromatic heterocycles. The monoisotopic (exact) mass is 318 g/mol. The summed E-state index contributed by atoms with van der Waals surface area (Å²) in [5.41, 5.74) is 3.12. The van der Waals surface area contributed by atoms with Gasteiger partial charge in [-0.3, -0.25) is 0 Å². The van der Waals surface area contributed by atoms with Crippen LogP contribution in [0.3, 0.4) is 0 Å². The Morgan fingerprint density at radius 3 is 2.86 bits per heavy atom. The third kappa shape index (κ3) is 2.89. The molecule has 0 amide bonds. The standard InChI is InChI=1S/C15H11ClN2O2S/c1-8-2-5-11-12(6-8)18-15(17-11)21-13-7-9(16)3-4-10(13)14(19)20/h2-7H,1H3,(H,17,18)(H,19,20). The molecule has 0 aliphatic heterocycles. The number of fused-ring (bicyclic) bond motifs is 1. The summed E-state index contributed by atoms with van der Waals surface area (Å²) in [6, 6.07) is 10.6. The van der Waals surface area contributed by atoms with Crippen molar-refractivity contribution in [1.82, 2.24) is 9.97 Å². The van der Waals surface area contributed by atoms with Crippen LogP contribution in [-0.4, -0.2) is 21.0 Å². The van der Waals surface area contributed by atoms with Crippen molar-refractivity contribution in [2.24, 2.45) is 0 Å². The van der Waals surface area contributed by atoms with Gasteiger partial charge in [-0.05, 0) is 42.8 Å². The number of carboxylic acid groups (broad SMARTS) is 1. The summed E-state index contributed by atoms with van der Waals surface area (Å²) in [7, 11) is 0. The molecule has 0 aliphatic carbocycles. The van der Waals surface area contributed by atoms with E-state index in [1.54, 1.807) is 12.1 Å². The van der Waals surface area contributed by atoms with Crippen molar-refractivity contribution in [2.45, 2.75) is 17.0 Å². The van der Waals surface area contributed by atoms with Gasteiger partial charge < -0.3 is 10.1 Å². The molecule has 0 fully saturated rings. The number of aryl methyl sites for hydroxylation is 1. The Labute approximate surface area is 130 Å². The quantitative estimate of drug-likeness (QED) is 0.752. The Hall–Kier alpha value is -1.98. The van der Waals surface area contributed by atoms with E-state index in [-0.39, 0.29) is 5.56 Å². The third-order valence-electron chi connectivity index (χ3n) is 3.00. The van der Waals surface area contributed by atoms with E-state index in [2.05, 4.69) is 9.97 Å². The van der Waals surface area contributed by atoms with Gasteiger partial charge in [0.15, 0.2) is 5.16 Å². The Kier molecular flexibility index (Phi) is 3.61. The highest BCUT2D eigenvalue weighted by molar-refractivity contribution is 7.99. The molecule has 21 heavy (non-hydrogen) atoms. The zero-order valence-electron chi connectivity index (χ0n) is 11.1. The van der Waals surface area contributed by atoms with Crippen molar-refractivity contribution in [1.29, 1.82) is 0 Å². The van der Waals surface area contributed by atoms with Gasteiger partial charge in [0.05, 0.1) is 16.6 Å². The molecule has 3 rings (SSSR count). The lowest BCUT2D eigenvalue weighted by Gasteiger charge is -2.04. The molecule has 2 N–H and O–H groups in total. The lowest BCUT2D eigenvalue weighted by atomic mass is 10.2. The average molecular weight is 319 g/mol. The van der Waals surface area contributed by atoms with Gasteiger partial charge in [0.25, 0.3) is 0 Å². The lowest BCUT2D eigenvalue weighted by molar-refractivity contribution is 0.0693. The number of aromatic amines is 1. The maximum Gasteiger partial charge on any atom is 0.336 e. The van der Waals surface area contributed by atoms with Gasteiger partial charge in [0, 0.05) is 9.92 Å². The molecule has 0 radical (unpaired) electrons. The number of halogens is 1. The zero-order valence-corrected chi connectivity index (χ0v) is 12.6. The molecule has 1 heterocycles. The van der Waals surface area contributed by atoms with Gasteiger partial charge in [-0.2, -0.15) is 0 Å². The van der Waals surface area contributed by atoms with E-state index in [0.717, 1.165) is 16.6 Å². The molecular weight excluding hydrogens is 308 g/mol. The molecule has 0 bridgehead atoms. The first-order chi connectivity index (χ1) is 10.0. The van der Waals surface area contributed by atoms with Crippen molar-refractivity contribution in [3.05, 3.63) is 52.5 Å². The Morgan fingerprint density at radius 2 is 2.10 bits per heavy atom. The summed E-state index contributed by atoms with van der Waals surface area (Å²) in [6.45, 7) is 2.01. The molecule has 0 aliphatic rings. The third-order valence-corrected chi connectivity index (χ3v) is 4.18. The van der Waals surface area contributed by atoms with E-state index < -0.39 is 5.97 Å². The minimum atomic E-state index is -0.985. The first-order valence-electron chi connectivity index (χ1n) is 6.20. The van der Waals surface area contributed by atoms with Crippen LogP contribution < -0.4 is 0 Å². The number of benzene rings is 2. The van der Waals surface area contributed by atoms with Crippen molar-refractivity contribution >= 4 is 40.4 Å². The predicted octanol–water partition coefficient (Wildman–Crippen LogP) is 4.37. The summed E-state index contributed by atoms with van der Waals surface area (Å²) in [5.74, 6) is -0.985. The van der Waals surface area contributed by atoms with Crippen LogP contribution in [0.25, 0.3) is 11.0 Å². The fraction of sp³-hybridized carbons (Fsp3) is 0.0667. The van der Waals surface area contributed by atoms with E-state index in [0.29, 0.717) is 15.1 Å². The number of nitrogens with one attached hydrogen (secondary N) is 1. The molecule has 0 unspecified atom stereocenters. The molecule has 4 nitrogen and oxygen atoms in total. The molecule has 6 heteroatoms. The van der Waals surface area contributed by atoms with E-state index in [1.807, 2.05) is 25.1 Å². The summed E-state index contributed by atoms with van der Waals surface area (Å²) in [5, 5.41) is 10.4. The van der Waals surface area contributed by atoms with Crippen LogP contribution in [0, 0.1) is 6.92 Å². The summed E-state index contributed by atoms with van der Waals surface area (Å²) < 4.78 is 0. The Balaban J connectivity index is 2.02. The maximum atomic E-state index is 11.3. The van der Waals surface area contributed by atoms with Crippen LogP contribution in [0.4, 0.5) is 0 Å². The number of H-pyrrole nitrogens is 1. The van der Waals surface area contributed by atoms with E-state index in [9.17, 15) is 9.90 Å². The molecule has 106 valence electrons. The highest BCUT2D eigenvalue weighted by atomic mass is 35.5. The number of hydrogen-bond donors (Lipinski definition) is 2. The molecule has 3 aromatic rings. The van der Waals surface area contributed by atoms with Crippen LogP contribution in [0.2, 0.25) is 5.02 Å². The van der Waals surface area contributed by atoms with Crippen molar-refractivity contribution in [3.8, 4) is 0 Å². The normalized spacial score (nSPS) is 11.0. The Bertz CT molecular complexity index is 845. The number of carbonyl (C=O) groups is 1. The van der Waals surface area contributed by atoms with E-state index in [1.165, 1.54) is 17.8 Å². The number of rotatable bonds is 3. The highest BCUT2D eigenvalue weighted by Gasteiger charge is 2.13. The highest BCUT2D eigenvalue weighted by Crippen LogP contribution is 2.32. The molecule has 0 spiro atoms. The van der Waals surface area contributed by atoms with Crippen molar-refractivity contribution < 1.29 is 9.90 Å². The topological polar surface area (TPSA) is 66.0 Å². The fourth-order valence-electron chi connectivity index (χ4n) is 2.01. The largest absolute Gasteiger partial charge is 0.478 e. The van der Waals surface area contributed by atoms with E-state index in [4.69, 9.17) is 11.6 Å². The average Bonchev–Trinajstić information content (AvgIpc) is 2.79. The van der Waals surface area contributed by atoms with Gasteiger partial charge >= 0.3 is 5.97 Å². The minimum Gasteiger partial charge on any atom is -0.478 e. The van der Waals surface area contributed by atoms with Gasteiger partial charge in [0.1, 0.15) is 0 Å². The predicted molar refractivity (Wildman–Crippen MR) is 83.4 cm³/mol. The summed E-state index contributed by atoms with van der Waals surface area (Å²) in [4.78, 5) is 19.5. The Morgan fingerprint density at radius 1 is 1.29 bits per heavy atom. The van der Waals surface area contributed by atoms with Crippen LogP contribution in [0.5, 0.6) is 0 Å². The second kappa shape index (κ2) is 5.42. The second-order valence-electron chi connectivity index (χ2n) is 4.61. The minimum absolute atomic E-state index is 0.209. The molecule has 0 saturated heterocycles. The number of nitrogens with zero attached hydrogens (tertiary/aromatic N) is 1. The number of carboxylic acids is 1. The molecule has 0 saturated carbocycles.